The van der Waals surface area contributed by atoms with E-state index in [-0.39, 0.29) is 23.8 Å². The fourth-order valence-electron chi connectivity index (χ4n) is 2.40. The van der Waals surface area contributed by atoms with E-state index >= 15 is 0 Å². The van der Waals surface area contributed by atoms with E-state index in [1.807, 2.05) is 20.8 Å². The number of Topliss-reactive ketones (excluding diaryl/α,β-unsaturated/α-hetero) is 1. The molecule has 2 aliphatic heterocycles. The van der Waals surface area contributed by atoms with Gasteiger partial charge in [-0.3, -0.25) is 4.79 Å². The third kappa shape index (κ3) is 5.85. The van der Waals surface area contributed by atoms with Crippen molar-refractivity contribution in [1.29, 1.82) is 0 Å². The molecule has 130 valence electrons. The van der Waals surface area contributed by atoms with Crippen molar-refractivity contribution < 1.29 is 34.1 Å². The van der Waals surface area contributed by atoms with Crippen LogP contribution in [0, 0.1) is 5.92 Å². The number of amides is 1. The van der Waals surface area contributed by atoms with Crippen LogP contribution in [0.5, 0.6) is 0 Å². The Morgan fingerprint density at radius 3 is 2.26 bits per heavy atom. The highest BCUT2D eigenvalue weighted by atomic mass is 16.6. The Labute approximate surface area is 133 Å². The molecule has 2 aliphatic rings. The molecule has 2 rings (SSSR count). The number of nitrogens with zero attached hydrogens (tertiary/aromatic N) is 1. The van der Waals surface area contributed by atoms with Crippen molar-refractivity contribution in [2.24, 2.45) is 5.92 Å². The minimum Gasteiger partial charge on any atom is -0.473 e. The first-order valence-electron chi connectivity index (χ1n) is 7.21. The topological polar surface area (TPSA) is 133 Å². The molecule has 0 spiro atoms. The number of carbonyl (C=O) groups excluding carboxylic acids is 2. The largest absolute Gasteiger partial charge is 0.473 e. The third-order valence-electron chi connectivity index (χ3n) is 3.40. The lowest BCUT2D eigenvalue weighted by atomic mass is 9.92. The summed E-state index contributed by atoms with van der Waals surface area (Å²) in [6.07, 6.45) is 0.465. The molecule has 3 N–H and O–H groups in total. The van der Waals surface area contributed by atoms with Crippen molar-refractivity contribution in [3.8, 4) is 0 Å². The lowest BCUT2D eigenvalue weighted by molar-refractivity contribution is -0.159. The zero-order valence-corrected chi connectivity index (χ0v) is 13.4. The lowest BCUT2D eigenvalue weighted by Crippen LogP contribution is -2.50. The van der Waals surface area contributed by atoms with Gasteiger partial charge in [0.05, 0.1) is 6.54 Å². The summed E-state index contributed by atoms with van der Waals surface area (Å²) in [6, 6.07) is 0.115. The Balaban J connectivity index is 0.000000379. The first kappa shape index (κ1) is 18.9. The maximum Gasteiger partial charge on any atom is 0.414 e. The van der Waals surface area contributed by atoms with Crippen LogP contribution in [0.4, 0.5) is 4.79 Å². The van der Waals surface area contributed by atoms with Crippen LogP contribution in [0.3, 0.4) is 0 Å². The molecule has 0 radical (unpaired) electrons. The standard InChI is InChI=1S/C12H20N2O3.C2H2O4/c1-12(2,3)17-11(16)14-5-4-8-9(7-14)13-6-10(8)15;3-1(4)2(5)6/h8-9,13H,4-7H2,1-3H3;(H,3,4)(H,5,6). The predicted molar refractivity (Wildman–Crippen MR) is 78.0 cm³/mol. The van der Waals surface area contributed by atoms with Crippen molar-refractivity contribution in [3.05, 3.63) is 0 Å². The first-order valence-corrected chi connectivity index (χ1v) is 7.21. The molecule has 2 unspecified atom stereocenters. The van der Waals surface area contributed by atoms with Gasteiger partial charge in [-0.2, -0.15) is 0 Å². The van der Waals surface area contributed by atoms with Crippen molar-refractivity contribution in [2.75, 3.05) is 19.6 Å². The summed E-state index contributed by atoms with van der Waals surface area (Å²) in [7, 11) is 0. The van der Waals surface area contributed by atoms with Crippen LogP contribution in [-0.4, -0.2) is 70.2 Å². The van der Waals surface area contributed by atoms with Gasteiger partial charge in [0.2, 0.25) is 0 Å². The second-order valence-corrected chi connectivity index (χ2v) is 6.39. The molecule has 2 atom stereocenters. The highest BCUT2D eigenvalue weighted by Crippen LogP contribution is 2.24. The molecular formula is C14H22N2O7. The number of ketones is 1. The number of fused-ring (bicyclic) bond motifs is 1. The van der Waals surface area contributed by atoms with Gasteiger partial charge in [-0.05, 0) is 27.2 Å². The molecule has 0 aromatic carbocycles. The van der Waals surface area contributed by atoms with Crippen molar-refractivity contribution in [1.82, 2.24) is 10.2 Å². The van der Waals surface area contributed by atoms with Gasteiger partial charge in [0.15, 0.2) is 5.78 Å². The molecule has 0 aromatic rings. The number of nitrogens with one attached hydrogen (secondary N) is 1. The van der Waals surface area contributed by atoms with Gasteiger partial charge in [-0.1, -0.05) is 0 Å². The number of hydrogen-bond donors (Lipinski definition) is 3. The van der Waals surface area contributed by atoms with E-state index in [2.05, 4.69) is 5.32 Å². The zero-order valence-electron chi connectivity index (χ0n) is 13.4. The molecule has 9 heteroatoms. The Morgan fingerprint density at radius 1 is 1.22 bits per heavy atom. The molecule has 0 aliphatic carbocycles. The maximum atomic E-state index is 11.9. The Bertz CT molecular complexity index is 486. The van der Waals surface area contributed by atoms with E-state index in [1.165, 1.54) is 0 Å². The molecule has 2 fully saturated rings. The molecule has 9 nitrogen and oxygen atoms in total. The summed E-state index contributed by atoms with van der Waals surface area (Å²) >= 11 is 0. The van der Waals surface area contributed by atoms with Gasteiger partial charge in [0.25, 0.3) is 0 Å². The highest BCUT2D eigenvalue weighted by Gasteiger charge is 2.40. The summed E-state index contributed by atoms with van der Waals surface area (Å²) in [4.78, 5) is 43.3. The molecule has 2 saturated heterocycles. The average molecular weight is 330 g/mol. The summed E-state index contributed by atoms with van der Waals surface area (Å²) in [5.74, 6) is -3.28. The molecule has 0 bridgehead atoms. The summed E-state index contributed by atoms with van der Waals surface area (Å²) in [5, 5.41) is 17.9. The number of piperidine rings is 1. The Morgan fingerprint density at radius 2 is 1.78 bits per heavy atom. The van der Waals surface area contributed by atoms with Gasteiger partial charge < -0.3 is 25.2 Å². The van der Waals surface area contributed by atoms with Crippen LogP contribution in [0.1, 0.15) is 27.2 Å². The number of rotatable bonds is 0. The number of likely N-dealkylation sites (tertiary alicyclic amines) is 1. The Kier molecular flexibility index (Phi) is 6.08. The minimum atomic E-state index is -1.82. The average Bonchev–Trinajstić information content (AvgIpc) is 2.78. The van der Waals surface area contributed by atoms with Gasteiger partial charge in [0.1, 0.15) is 5.60 Å². The molecule has 0 saturated carbocycles. The quantitative estimate of drug-likeness (QED) is 0.526. The SMILES string of the molecule is CC(C)(C)OC(=O)N1CCC2C(=O)CNC2C1.O=C(O)C(=O)O. The number of carbonyl (C=O) groups is 4. The second-order valence-electron chi connectivity index (χ2n) is 6.39. The number of carboxylic acid groups (broad SMARTS) is 2. The van der Waals surface area contributed by atoms with Gasteiger partial charge >= 0.3 is 18.0 Å². The summed E-state index contributed by atoms with van der Waals surface area (Å²) < 4.78 is 5.33. The van der Waals surface area contributed by atoms with Crippen LogP contribution >= 0.6 is 0 Å². The summed E-state index contributed by atoms with van der Waals surface area (Å²) in [5.41, 5.74) is -0.465. The maximum absolute atomic E-state index is 11.9. The summed E-state index contributed by atoms with van der Waals surface area (Å²) in [6.45, 7) is 7.20. The molecule has 23 heavy (non-hydrogen) atoms. The number of aliphatic carboxylic acids is 2. The molecule has 2 heterocycles. The van der Waals surface area contributed by atoms with Crippen LogP contribution in [0.15, 0.2) is 0 Å². The van der Waals surface area contributed by atoms with Crippen LogP contribution in [-0.2, 0) is 19.1 Å². The number of ether oxygens (including phenoxy) is 1. The van der Waals surface area contributed by atoms with E-state index in [9.17, 15) is 9.59 Å². The Hall–Kier alpha value is -2.16. The van der Waals surface area contributed by atoms with Gasteiger partial charge in [-0.25, -0.2) is 14.4 Å². The number of carboxylic acids is 2. The lowest BCUT2D eigenvalue weighted by Gasteiger charge is -2.35. The second kappa shape index (κ2) is 7.40. The van der Waals surface area contributed by atoms with Crippen LogP contribution in [0.2, 0.25) is 0 Å². The monoisotopic (exact) mass is 330 g/mol. The predicted octanol–water partition coefficient (Wildman–Crippen LogP) is -0.0601. The number of hydrogen-bond acceptors (Lipinski definition) is 6. The molecular weight excluding hydrogens is 308 g/mol. The van der Waals surface area contributed by atoms with E-state index in [4.69, 9.17) is 24.5 Å². The zero-order chi connectivity index (χ0) is 17.8. The van der Waals surface area contributed by atoms with E-state index in [0.717, 1.165) is 6.42 Å². The van der Waals surface area contributed by atoms with Crippen molar-refractivity contribution in [2.45, 2.75) is 38.8 Å². The minimum absolute atomic E-state index is 0.0914. The van der Waals surface area contributed by atoms with Gasteiger partial charge in [0, 0.05) is 25.0 Å². The van der Waals surface area contributed by atoms with Crippen LogP contribution < -0.4 is 5.32 Å². The highest BCUT2D eigenvalue weighted by molar-refractivity contribution is 6.27. The fourth-order valence-corrected chi connectivity index (χ4v) is 2.40. The normalized spacial score (nSPS) is 23.4. The molecule has 0 aromatic heterocycles. The van der Waals surface area contributed by atoms with Gasteiger partial charge in [-0.15, -0.1) is 0 Å². The van der Waals surface area contributed by atoms with E-state index in [0.29, 0.717) is 19.6 Å². The van der Waals surface area contributed by atoms with E-state index in [1.54, 1.807) is 4.90 Å². The fraction of sp³-hybridized carbons (Fsp3) is 0.714. The van der Waals surface area contributed by atoms with Crippen LogP contribution in [0.25, 0.3) is 0 Å². The van der Waals surface area contributed by atoms with Crippen molar-refractivity contribution >= 4 is 23.8 Å². The van der Waals surface area contributed by atoms with E-state index < -0.39 is 17.5 Å². The first-order chi connectivity index (χ1) is 10.5. The molecule has 1 amide bonds. The van der Waals surface area contributed by atoms with Crippen molar-refractivity contribution in [3.63, 3.8) is 0 Å². The third-order valence-corrected chi connectivity index (χ3v) is 3.40. The smallest absolute Gasteiger partial charge is 0.414 e.